The molecule has 0 saturated carbocycles. The lowest BCUT2D eigenvalue weighted by Crippen LogP contribution is -2.19. The van der Waals surface area contributed by atoms with E-state index in [9.17, 15) is 4.79 Å². The summed E-state index contributed by atoms with van der Waals surface area (Å²) < 4.78 is 0. The molecule has 0 unspecified atom stereocenters. The first-order valence-electron chi connectivity index (χ1n) is 7.25. The molecule has 0 atom stereocenters. The number of aryl methyl sites for hydroxylation is 1. The topological polar surface area (TPSA) is 67.2 Å². The summed E-state index contributed by atoms with van der Waals surface area (Å²) >= 11 is 6.75. The lowest BCUT2D eigenvalue weighted by molar-refractivity contribution is -0.115. The van der Waals surface area contributed by atoms with Crippen molar-refractivity contribution in [1.29, 1.82) is 0 Å². The van der Waals surface area contributed by atoms with Gasteiger partial charge < -0.3 is 16.4 Å². The van der Waals surface area contributed by atoms with Gasteiger partial charge in [-0.05, 0) is 48.5 Å². The summed E-state index contributed by atoms with van der Waals surface area (Å²) in [5.74, 6) is -0.112. The normalized spacial score (nSPS) is 10.1. The van der Waals surface area contributed by atoms with Gasteiger partial charge >= 0.3 is 0 Å². The summed E-state index contributed by atoms with van der Waals surface area (Å²) in [6, 6.07) is 15.8. The minimum Gasteiger partial charge on any atom is -0.369 e. The van der Waals surface area contributed by atoms with E-state index in [2.05, 4.69) is 29.7 Å². The number of hydrogen-bond donors (Lipinski definition) is 3. The third-order valence-electron chi connectivity index (χ3n) is 3.10. The highest BCUT2D eigenvalue weighted by Gasteiger charge is 2.06. The quantitative estimate of drug-likeness (QED) is 0.551. The second kappa shape index (κ2) is 8.55. The van der Waals surface area contributed by atoms with Crippen molar-refractivity contribution < 1.29 is 4.79 Å². The summed E-state index contributed by atoms with van der Waals surface area (Å²) in [6.07, 6.45) is 0.975. The SMILES string of the molecule is CCc1cccc(NC(=S)Nc2ccccc2SCC(N)=O)c1. The highest BCUT2D eigenvalue weighted by Crippen LogP contribution is 2.26. The number of benzene rings is 2. The van der Waals surface area contributed by atoms with Crippen LogP contribution in [0.25, 0.3) is 0 Å². The Morgan fingerprint density at radius 3 is 2.70 bits per heavy atom. The molecule has 0 aliphatic heterocycles. The lowest BCUT2D eigenvalue weighted by Gasteiger charge is -2.14. The van der Waals surface area contributed by atoms with Crippen LogP contribution in [0.4, 0.5) is 11.4 Å². The lowest BCUT2D eigenvalue weighted by atomic mass is 10.1. The second-order valence-electron chi connectivity index (χ2n) is 4.88. The molecule has 2 aromatic carbocycles. The van der Waals surface area contributed by atoms with Gasteiger partial charge in [-0.15, -0.1) is 11.8 Å². The van der Waals surface area contributed by atoms with E-state index >= 15 is 0 Å². The summed E-state index contributed by atoms with van der Waals surface area (Å²) in [5.41, 5.74) is 8.25. The fraction of sp³-hybridized carbons (Fsp3) is 0.176. The van der Waals surface area contributed by atoms with Crippen molar-refractivity contribution >= 4 is 46.4 Å². The van der Waals surface area contributed by atoms with Gasteiger partial charge in [0.1, 0.15) is 0 Å². The minimum absolute atomic E-state index is 0.234. The molecule has 2 aromatic rings. The number of carbonyl (C=O) groups is 1. The molecule has 0 aromatic heterocycles. The van der Waals surface area contributed by atoms with Gasteiger partial charge in [-0.2, -0.15) is 0 Å². The minimum atomic E-state index is -0.345. The molecular weight excluding hydrogens is 326 g/mol. The van der Waals surface area contributed by atoms with Crippen LogP contribution in [0.1, 0.15) is 12.5 Å². The first kappa shape index (κ1) is 17.3. The number of nitrogens with two attached hydrogens (primary N) is 1. The molecule has 0 aliphatic rings. The molecule has 0 aliphatic carbocycles. The van der Waals surface area contributed by atoms with Crippen LogP contribution in [-0.2, 0) is 11.2 Å². The molecule has 0 bridgehead atoms. The molecule has 0 heterocycles. The zero-order chi connectivity index (χ0) is 16.7. The van der Waals surface area contributed by atoms with Crippen molar-refractivity contribution in [2.75, 3.05) is 16.4 Å². The Kier molecular flexibility index (Phi) is 6.43. The first-order valence-corrected chi connectivity index (χ1v) is 8.65. The van der Waals surface area contributed by atoms with Crippen LogP contribution in [0, 0.1) is 0 Å². The van der Waals surface area contributed by atoms with Crippen LogP contribution in [0.3, 0.4) is 0 Å². The number of carbonyl (C=O) groups excluding carboxylic acids is 1. The van der Waals surface area contributed by atoms with E-state index in [0.29, 0.717) is 5.11 Å². The maximum Gasteiger partial charge on any atom is 0.227 e. The van der Waals surface area contributed by atoms with Crippen LogP contribution < -0.4 is 16.4 Å². The van der Waals surface area contributed by atoms with Crippen molar-refractivity contribution in [3.63, 3.8) is 0 Å². The molecule has 4 N–H and O–H groups in total. The summed E-state index contributed by atoms with van der Waals surface area (Å²) in [7, 11) is 0. The molecular formula is C17H19N3OS2. The van der Waals surface area contributed by atoms with Crippen molar-refractivity contribution in [2.45, 2.75) is 18.2 Å². The van der Waals surface area contributed by atoms with E-state index < -0.39 is 0 Å². The molecule has 0 radical (unpaired) electrons. The average Bonchev–Trinajstić information content (AvgIpc) is 2.54. The Morgan fingerprint density at radius 1 is 1.17 bits per heavy atom. The zero-order valence-corrected chi connectivity index (χ0v) is 14.5. The molecule has 0 fully saturated rings. The highest BCUT2D eigenvalue weighted by molar-refractivity contribution is 8.00. The number of nitrogens with one attached hydrogen (secondary N) is 2. The summed E-state index contributed by atoms with van der Waals surface area (Å²) in [6.45, 7) is 2.11. The van der Waals surface area contributed by atoms with E-state index in [0.717, 1.165) is 22.7 Å². The van der Waals surface area contributed by atoms with Gasteiger partial charge in [0.05, 0.1) is 11.4 Å². The fourth-order valence-corrected chi connectivity index (χ4v) is 2.97. The van der Waals surface area contributed by atoms with E-state index in [1.807, 2.05) is 36.4 Å². The molecule has 0 spiro atoms. The van der Waals surface area contributed by atoms with Crippen molar-refractivity contribution in [3.05, 3.63) is 54.1 Å². The van der Waals surface area contributed by atoms with Gasteiger partial charge in [0.15, 0.2) is 5.11 Å². The van der Waals surface area contributed by atoms with Crippen molar-refractivity contribution in [2.24, 2.45) is 5.73 Å². The standard InChI is InChI=1S/C17H19N3OS2/c1-2-12-6-5-7-13(10-12)19-17(22)20-14-8-3-4-9-15(14)23-11-16(18)21/h3-10H,2,11H2,1H3,(H2,18,21)(H2,19,20,22). The average molecular weight is 345 g/mol. The van der Waals surface area contributed by atoms with Gasteiger partial charge in [-0.1, -0.05) is 31.2 Å². The number of hydrogen-bond acceptors (Lipinski definition) is 3. The van der Waals surface area contributed by atoms with E-state index in [1.165, 1.54) is 17.3 Å². The maximum atomic E-state index is 11.0. The fourth-order valence-electron chi connectivity index (χ4n) is 2.00. The molecule has 4 nitrogen and oxygen atoms in total. The van der Waals surface area contributed by atoms with Gasteiger partial charge in [-0.25, -0.2) is 0 Å². The Balaban J connectivity index is 2.03. The smallest absolute Gasteiger partial charge is 0.227 e. The monoisotopic (exact) mass is 345 g/mol. The van der Waals surface area contributed by atoms with Crippen LogP contribution >= 0.6 is 24.0 Å². The van der Waals surface area contributed by atoms with Gasteiger partial charge in [-0.3, -0.25) is 4.79 Å². The van der Waals surface area contributed by atoms with Crippen LogP contribution in [0.5, 0.6) is 0 Å². The number of thiocarbonyl (C=S) groups is 1. The van der Waals surface area contributed by atoms with Crippen LogP contribution in [0.2, 0.25) is 0 Å². The van der Waals surface area contributed by atoms with Crippen molar-refractivity contribution in [3.8, 4) is 0 Å². The first-order chi connectivity index (χ1) is 11.1. The Bertz CT molecular complexity index is 704. The highest BCUT2D eigenvalue weighted by atomic mass is 32.2. The number of anilines is 2. The molecule has 0 saturated heterocycles. The number of rotatable bonds is 6. The summed E-state index contributed by atoms with van der Waals surface area (Å²) in [4.78, 5) is 11.9. The molecule has 1 amide bonds. The van der Waals surface area contributed by atoms with Crippen LogP contribution in [0.15, 0.2) is 53.4 Å². The van der Waals surface area contributed by atoms with E-state index in [4.69, 9.17) is 18.0 Å². The third-order valence-corrected chi connectivity index (χ3v) is 4.40. The number of thioether (sulfide) groups is 1. The number of amides is 1. The second-order valence-corrected chi connectivity index (χ2v) is 6.31. The van der Waals surface area contributed by atoms with Gasteiger partial charge in [0.25, 0.3) is 0 Å². The van der Waals surface area contributed by atoms with Gasteiger partial charge in [0, 0.05) is 10.6 Å². The maximum absolute atomic E-state index is 11.0. The Labute approximate surface area is 145 Å². The largest absolute Gasteiger partial charge is 0.369 e. The van der Waals surface area contributed by atoms with Crippen LogP contribution in [-0.4, -0.2) is 16.8 Å². The molecule has 23 heavy (non-hydrogen) atoms. The third kappa shape index (κ3) is 5.58. The predicted octanol–water partition coefficient (Wildman–Crippen LogP) is 3.64. The van der Waals surface area contributed by atoms with E-state index in [1.54, 1.807) is 0 Å². The zero-order valence-electron chi connectivity index (χ0n) is 12.8. The molecule has 120 valence electrons. The number of para-hydroxylation sites is 1. The summed E-state index contributed by atoms with van der Waals surface area (Å²) in [5, 5.41) is 6.85. The Morgan fingerprint density at radius 2 is 1.96 bits per heavy atom. The number of primary amides is 1. The van der Waals surface area contributed by atoms with Crippen molar-refractivity contribution in [1.82, 2.24) is 0 Å². The Hall–Kier alpha value is -2.05. The van der Waals surface area contributed by atoms with E-state index in [-0.39, 0.29) is 11.7 Å². The molecule has 2 rings (SSSR count). The molecule has 6 heteroatoms. The van der Waals surface area contributed by atoms with Gasteiger partial charge in [0.2, 0.25) is 5.91 Å². The predicted molar refractivity (Wildman–Crippen MR) is 102 cm³/mol.